The van der Waals surface area contributed by atoms with Crippen LogP contribution in [0.3, 0.4) is 0 Å². The number of hydrogen-bond acceptors (Lipinski definition) is 8. The van der Waals surface area contributed by atoms with Gasteiger partial charge in [0.05, 0.1) is 16.8 Å². The summed E-state index contributed by atoms with van der Waals surface area (Å²) in [7, 11) is 0. The molecule has 0 aliphatic heterocycles. The molecule has 4 aromatic rings. The highest BCUT2D eigenvalue weighted by molar-refractivity contribution is 7.17. The number of aromatic nitrogens is 4. The van der Waals surface area contributed by atoms with Crippen molar-refractivity contribution in [1.29, 1.82) is 0 Å². The average molecular weight is 355 g/mol. The molecular weight excluding hydrogens is 346 g/mol. The Morgan fingerprint density at radius 1 is 1.32 bits per heavy atom. The molecule has 124 valence electrons. The van der Waals surface area contributed by atoms with Crippen molar-refractivity contribution in [3.8, 4) is 11.4 Å². The normalized spacial score (nSPS) is 11.0. The fourth-order valence-corrected chi connectivity index (χ4v) is 3.12. The van der Waals surface area contributed by atoms with Crippen molar-refractivity contribution in [3.63, 3.8) is 0 Å². The van der Waals surface area contributed by atoms with Gasteiger partial charge in [0, 0.05) is 17.7 Å². The fraction of sp³-hybridized carbons (Fsp3) is 0.0667. The van der Waals surface area contributed by atoms with E-state index in [-0.39, 0.29) is 29.5 Å². The monoisotopic (exact) mass is 355 g/mol. The SMILES string of the molecule is O=c1c2sccc2ncn1Cc1nc(-c2cccc([N+](=O)[O-])c2)no1. The van der Waals surface area contributed by atoms with Gasteiger partial charge in [-0.1, -0.05) is 17.3 Å². The third-order valence-corrected chi connectivity index (χ3v) is 4.42. The molecule has 0 aliphatic rings. The summed E-state index contributed by atoms with van der Waals surface area (Å²) in [6, 6.07) is 7.71. The topological polar surface area (TPSA) is 117 Å². The van der Waals surface area contributed by atoms with Gasteiger partial charge in [0.1, 0.15) is 11.2 Å². The van der Waals surface area contributed by atoms with Gasteiger partial charge in [-0.2, -0.15) is 4.98 Å². The molecule has 25 heavy (non-hydrogen) atoms. The van der Waals surface area contributed by atoms with Crippen LogP contribution in [0.1, 0.15) is 5.89 Å². The minimum Gasteiger partial charge on any atom is -0.337 e. The highest BCUT2D eigenvalue weighted by Crippen LogP contribution is 2.21. The molecule has 0 saturated heterocycles. The van der Waals surface area contributed by atoms with Crippen molar-refractivity contribution in [2.75, 3.05) is 0 Å². The lowest BCUT2D eigenvalue weighted by Crippen LogP contribution is -2.20. The summed E-state index contributed by atoms with van der Waals surface area (Å²) in [5, 5.41) is 16.5. The number of rotatable bonds is 4. The van der Waals surface area contributed by atoms with E-state index in [1.165, 1.54) is 34.4 Å². The van der Waals surface area contributed by atoms with Crippen LogP contribution in [0.2, 0.25) is 0 Å². The maximum Gasteiger partial charge on any atom is 0.271 e. The predicted octanol–water partition coefficient (Wildman–Crippen LogP) is 2.46. The smallest absolute Gasteiger partial charge is 0.271 e. The summed E-state index contributed by atoms with van der Waals surface area (Å²) in [5.74, 6) is 0.429. The first kappa shape index (κ1) is 15.1. The van der Waals surface area contributed by atoms with Crippen molar-refractivity contribution in [3.05, 3.63) is 68.4 Å². The number of hydrogen-bond donors (Lipinski definition) is 0. The van der Waals surface area contributed by atoms with Crippen LogP contribution in [-0.2, 0) is 6.54 Å². The lowest BCUT2D eigenvalue weighted by Gasteiger charge is -2.00. The molecule has 0 aliphatic carbocycles. The highest BCUT2D eigenvalue weighted by atomic mass is 32.1. The van der Waals surface area contributed by atoms with E-state index in [1.54, 1.807) is 23.6 Å². The van der Waals surface area contributed by atoms with Crippen LogP contribution in [0.25, 0.3) is 21.6 Å². The standard InChI is InChI=1S/C15H9N5O4S/c21-15-13-11(4-5-25-13)16-8-19(15)7-12-17-14(18-24-12)9-2-1-3-10(6-9)20(22)23/h1-6,8H,7H2. The van der Waals surface area contributed by atoms with Crippen LogP contribution in [0, 0.1) is 10.1 Å². The minimum absolute atomic E-state index is 0.0626. The molecule has 10 heteroatoms. The molecule has 3 aromatic heterocycles. The summed E-state index contributed by atoms with van der Waals surface area (Å²) in [4.78, 5) is 31.1. The Labute approximate surface area is 143 Å². The van der Waals surface area contributed by atoms with Gasteiger partial charge in [-0.15, -0.1) is 11.3 Å². The Balaban J connectivity index is 1.65. The van der Waals surface area contributed by atoms with Gasteiger partial charge in [0.15, 0.2) is 0 Å². The molecule has 0 spiro atoms. The zero-order valence-electron chi connectivity index (χ0n) is 12.5. The van der Waals surface area contributed by atoms with Crippen LogP contribution in [0.4, 0.5) is 5.69 Å². The summed E-state index contributed by atoms with van der Waals surface area (Å²) >= 11 is 1.32. The van der Waals surface area contributed by atoms with Gasteiger partial charge < -0.3 is 4.52 Å². The fourth-order valence-electron chi connectivity index (χ4n) is 2.33. The van der Waals surface area contributed by atoms with E-state index in [9.17, 15) is 14.9 Å². The number of nitro benzene ring substituents is 1. The zero-order valence-corrected chi connectivity index (χ0v) is 13.3. The maximum absolute atomic E-state index is 12.4. The van der Waals surface area contributed by atoms with Gasteiger partial charge in [0.25, 0.3) is 11.2 Å². The number of fused-ring (bicyclic) bond motifs is 1. The van der Waals surface area contributed by atoms with Gasteiger partial charge >= 0.3 is 0 Å². The van der Waals surface area contributed by atoms with E-state index in [1.807, 2.05) is 0 Å². The molecular formula is C15H9N5O4S. The van der Waals surface area contributed by atoms with E-state index in [0.717, 1.165) is 0 Å². The molecule has 0 unspecified atom stereocenters. The Hall–Kier alpha value is -3.40. The Kier molecular flexibility index (Phi) is 3.58. The van der Waals surface area contributed by atoms with Crippen LogP contribution in [0.5, 0.6) is 0 Å². The highest BCUT2D eigenvalue weighted by Gasteiger charge is 2.14. The zero-order chi connectivity index (χ0) is 17.4. The van der Waals surface area contributed by atoms with Crippen LogP contribution in [-0.4, -0.2) is 24.6 Å². The molecule has 3 heterocycles. The summed E-state index contributed by atoms with van der Waals surface area (Å²) in [6.07, 6.45) is 1.43. The minimum atomic E-state index is -0.494. The summed E-state index contributed by atoms with van der Waals surface area (Å²) < 4.78 is 7.09. The molecule has 4 rings (SSSR count). The average Bonchev–Trinajstić information content (AvgIpc) is 3.27. The summed E-state index contributed by atoms with van der Waals surface area (Å²) in [5.41, 5.74) is 0.861. The van der Waals surface area contributed by atoms with Gasteiger partial charge in [-0.05, 0) is 11.4 Å². The van der Waals surface area contributed by atoms with E-state index in [0.29, 0.717) is 15.8 Å². The van der Waals surface area contributed by atoms with Crippen molar-refractivity contribution < 1.29 is 9.45 Å². The molecule has 0 amide bonds. The molecule has 0 bridgehead atoms. The maximum atomic E-state index is 12.4. The van der Waals surface area contributed by atoms with Crippen LogP contribution in [0.15, 0.2) is 51.4 Å². The van der Waals surface area contributed by atoms with Crippen molar-refractivity contribution >= 4 is 27.2 Å². The molecule has 0 fully saturated rings. The number of nitrogens with zero attached hydrogens (tertiary/aromatic N) is 5. The second-order valence-corrected chi connectivity index (χ2v) is 6.05. The van der Waals surface area contributed by atoms with E-state index < -0.39 is 4.92 Å². The van der Waals surface area contributed by atoms with Gasteiger partial charge in [-0.25, -0.2) is 4.98 Å². The Morgan fingerprint density at radius 3 is 3.04 bits per heavy atom. The van der Waals surface area contributed by atoms with E-state index >= 15 is 0 Å². The quantitative estimate of drug-likeness (QED) is 0.407. The van der Waals surface area contributed by atoms with E-state index in [4.69, 9.17) is 4.52 Å². The number of nitro groups is 1. The third-order valence-electron chi connectivity index (χ3n) is 3.52. The first-order valence-corrected chi connectivity index (χ1v) is 8.00. The molecule has 0 radical (unpaired) electrons. The van der Waals surface area contributed by atoms with Crippen LogP contribution >= 0.6 is 11.3 Å². The molecule has 0 atom stereocenters. The third kappa shape index (κ3) is 2.78. The van der Waals surface area contributed by atoms with Gasteiger partial charge in [-0.3, -0.25) is 19.5 Å². The number of thiophene rings is 1. The molecule has 1 aromatic carbocycles. The van der Waals surface area contributed by atoms with Gasteiger partial charge in [0.2, 0.25) is 11.7 Å². The molecule has 0 N–H and O–H groups in total. The number of benzene rings is 1. The van der Waals surface area contributed by atoms with Crippen molar-refractivity contribution in [2.45, 2.75) is 6.54 Å². The predicted molar refractivity (Wildman–Crippen MR) is 89.4 cm³/mol. The Morgan fingerprint density at radius 2 is 2.20 bits per heavy atom. The van der Waals surface area contributed by atoms with Crippen LogP contribution < -0.4 is 5.56 Å². The number of non-ortho nitro benzene ring substituents is 1. The molecule has 0 saturated carbocycles. The van der Waals surface area contributed by atoms with Crippen molar-refractivity contribution in [1.82, 2.24) is 19.7 Å². The Bertz CT molecular complexity index is 1150. The first-order valence-electron chi connectivity index (χ1n) is 7.12. The molecule has 9 nitrogen and oxygen atoms in total. The largest absolute Gasteiger partial charge is 0.337 e. The van der Waals surface area contributed by atoms with E-state index in [2.05, 4.69) is 15.1 Å². The second-order valence-electron chi connectivity index (χ2n) is 5.13. The second kappa shape index (κ2) is 5.91. The first-order chi connectivity index (χ1) is 12.1. The lowest BCUT2D eigenvalue weighted by atomic mass is 10.2. The summed E-state index contributed by atoms with van der Waals surface area (Å²) in [6.45, 7) is 0.0710. The van der Waals surface area contributed by atoms with Crippen molar-refractivity contribution in [2.24, 2.45) is 0 Å². The lowest BCUT2D eigenvalue weighted by molar-refractivity contribution is -0.384.